The molecule has 1 atom stereocenters. The molecule has 2 aliphatic rings. The van der Waals surface area contributed by atoms with Crippen molar-refractivity contribution in [2.75, 3.05) is 26.7 Å². The number of benzene rings is 2. The van der Waals surface area contributed by atoms with Gasteiger partial charge in [-0.2, -0.15) is 0 Å². The topological polar surface area (TPSA) is 59.6 Å². The number of carbonyl (C=O) groups is 1. The van der Waals surface area contributed by atoms with Gasteiger partial charge in [0, 0.05) is 34.1 Å². The molecular formula is C24H26ClN3O2. The van der Waals surface area contributed by atoms with E-state index >= 15 is 0 Å². The van der Waals surface area contributed by atoms with E-state index in [2.05, 4.69) is 16.9 Å². The maximum Gasteiger partial charge on any atom is 0.226 e. The first kappa shape index (κ1) is 19.5. The zero-order chi connectivity index (χ0) is 20.8. The number of aromatic nitrogens is 1. The molecule has 0 bridgehead atoms. The van der Waals surface area contributed by atoms with Gasteiger partial charge in [0.25, 0.3) is 0 Å². The summed E-state index contributed by atoms with van der Waals surface area (Å²) in [6, 6.07) is 12.9. The maximum absolute atomic E-state index is 13.6. The van der Waals surface area contributed by atoms with Gasteiger partial charge in [0.05, 0.1) is 6.04 Å². The third kappa shape index (κ3) is 3.36. The summed E-state index contributed by atoms with van der Waals surface area (Å²) in [5.41, 5.74) is 4.21. The Labute approximate surface area is 181 Å². The molecule has 1 amide bonds. The highest BCUT2D eigenvalue weighted by Crippen LogP contribution is 2.41. The van der Waals surface area contributed by atoms with Gasteiger partial charge < -0.3 is 19.9 Å². The molecule has 6 heteroatoms. The van der Waals surface area contributed by atoms with Gasteiger partial charge in [-0.1, -0.05) is 23.7 Å². The van der Waals surface area contributed by atoms with Crippen LogP contribution in [0.15, 0.2) is 42.5 Å². The highest BCUT2D eigenvalue weighted by atomic mass is 35.5. The fourth-order valence-electron chi connectivity index (χ4n) is 5.03. The molecule has 1 aromatic heterocycles. The number of amides is 1. The summed E-state index contributed by atoms with van der Waals surface area (Å²) in [7, 11) is 2.11. The van der Waals surface area contributed by atoms with Gasteiger partial charge in [-0.3, -0.25) is 4.79 Å². The number of aromatic hydroxyl groups is 1. The van der Waals surface area contributed by atoms with Crippen LogP contribution in [0.5, 0.6) is 5.75 Å². The standard InChI is InChI=1S/C24H26ClN3O2/c1-27-10-7-15(8-11-27)24(30)28-12-9-19-20-14-17(25)5-6-21(20)26-22(19)23(28)16-3-2-4-18(29)13-16/h2-6,13-15,23,26,29H,7-12H2,1H3. The molecule has 156 valence electrons. The van der Waals surface area contributed by atoms with Crippen LogP contribution in [0.2, 0.25) is 5.02 Å². The van der Waals surface area contributed by atoms with Gasteiger partial charge in [0.15, 0.2) is 0 Å². The highest BCUT2D eigenvalue weighted by molar-refractivity contribution is 6.31. The molecule has 3 aromatic rings. The fraction of sp³-hybridized carbons (Fsp3) is 0.375. The molecule has 5 nitrogen and oxygen atoms in total. The van der Waals surface area contributed by atoms with Crippen molar-refractivity contribution in [1.29, 1.82) is 0 Å². The largest absolute Gasteiger partial charge is 0.508 e. The van der Waals surface area contributed by atoms with Crippen molar-refractivity contribution >= 4 is 28.4 Å². The Kier molecular flexibility index (Phi) is 4.95. The third-order valence-corrected chi connectivity index (χ3v) is 6.86. The van der Waals surface area contributed by atoms with Crippen molar-refractivity contribution in [3.8, 4) is 5.75 Å². The van der Waals surface area contributed by atoms with Crippen LogP contribution in [-0.2, 0) is 11.2 Å². The number of aromatic amines is 1. The van der Waals surface area contributed by atoms with E-state index in [-0.39, 0.29) is 23.6 Å². The Morgan fingerprint density at radius 2 is 1.93 bits per heavy atom. The van der Waals surface area contributed by atoms with Gasteiger partial charge in [0.2, 0.25) is 5.91 Å². The van der Waals surface area contributed by atoms with Gasteiger partial charge in [-0.25, -0.2) is 0 Å². The molecule has 2 N–H and O–H groups in total. The van der Waals surface area contributed by atoms with Crippen LogP contribution in [0, 0.1) is 5.92 Å². The van der Waals surface area contributed by atoms with Crippen LogP contribution in [0.3, 0.4) is 0 Å². The number of phenols is 1. The van der Waals surface area contributed by atoms with Gasteiger partial charge >= 0.3 is 0 Å². The average Bonchev–Trinajstić information content (AvgIpc) is 3.11. The minimum atomic E-state index is -0.237. The molecule has 5 rings (SSSR count). The molecule has 0 radical (unpaired) electrons. The number of nitrogens with one attached hydrogen (secondary N) is 1. The summed E-state index contributed by atoms with van der Waals surface area (Å²) in [4.78, 5) is 21.5. The Bertz CT molecular complexity index is 1100. The monoisotopic (exact) mass is 423 g/mol. The number of piperidine rings is 1. The minimum absolute atomic E-state index is 0.0568. The smallest absolute Gasteiger partial charge is 0.226 e. The molecule has 1 unspecified atom stereocenters. The van der Waals surface area contributed by atoms with E-state index in [4.69, 9.17) is 11.6 Å². The fourth-order valence-corrected chi connectivity index (χ4v) is 5.20. The highest BCUT2D eigenvalue weighted by Gasteiger charge is 2.38. The zero-order valence-electron chi connectivity index (χ0n) is 17.1. The second-order valence-electron chi connectivity index (χ2n) is 8.56. The number of halogens is 1. The van der Waals surface area contributed by atoms with Crippen molar-refractivity contribution in [1.82, 2.24) is 14.8 Å². The summed E-state index contributed by atoms with van der Waals surface area (Å²) in [5, 5.41) is 12.0. The molecule has 2 aromatic carbocycles. The lowest BCUT2D eigenvalue weighted by atomic mass is 9.89. The molecular weight excluding hydrogens is 398 g/mol. The van der Waals surface area contributed by atoms with Gasteiger partial charge in [-0.15, -0.1) is 0 Å². The SMILES string of the molecule is CN1CCC(C(=O)N2CCc3c([nH]c4ccc(Cl)cc34)C2c2cccc(O)c2)CC1. The van der Waals surface area contributed by atoms with E-state index in [0.717, 1.165) is 54.5 Å². The van der Waals surface area contributed by atoms with Crippen molar-refractivity contribution in [2.45, 2.75) is 25.3 Å². The third-order valence-electron chi connectivity index (χ3n) is 6.63. The summed E-state index contributed by atoms with van der Waals surface area (Å²) in [6.07, 6.45) is 2.59. The molecule has 2 aliphatic heterocycles. The predicted octanol–water partition coefficient (Wildman–Crippen LogP) is 4.34. The number of rotatable bonds is 2. The molecule has 0 spiro atoms. The molecule has 0 aliphatic carbocycles. The second kappa shape index (κ2) is 7.64. The van der Waals surface area contributed by atoms with Gasteiger partial charge in [0.1, 0.15) is 5.75 Å². The van der Waals surface area contributed by atoms with E-state index in [1.54, 1.807) is 12.1 Å². The summed E-state index contributed by atoms with van der Waals surface area (Å²) in [5.74, 6) is 0.491. The number of fused-ring (bicyclic) bond motifs is 3. The molecule has 1 saturated heterocycles. The summed E-state index contributed by atoms with van der Waals surface area (Å²) in [6.45, 7) is 2.58. The average molecular weight is 424 g/mol. The Balaban J connectivity index is 1.59. The van der Waals surface area contributed by atoms with E-state index in [1.165, 1.54) is 5.56 Å². The van der Waals surface area contributed by atoms with Crippen LogP contribution >= 0.6 is 11.6 Å². The summed E-state index contributed by atoms with van der Waals surface area (Å²) < 4.78 is 0. The number of H-pyrrole nitrogens is 1. The number of likely N-dealkylation sites (tertiary alicyclic amines) is 1. The minimum Gasteiger partial charge on any atom is -0.508 e. The first-order chi connectivity index (χ1) is 14.5. The number of phenolic OH excluding ortho intramolecular Hbond substituents is 1. The number of carbonyl (C=O) groups excluding carboxylic acids is 1. The number of hydrogen-bond acceptors (Lipinski definition) is 3. The lowest BCUT2D eigenvalue weighted by molar-refractivity contribution is -0.139. The van der Waals surface area contributed by atoms with Crippen LogP contribution in [0.4, 0.5) is 0 Å². The molecule has 1 fully saturated rings. The van der Waals surface area contributed by atoms with Crippen LogP contribution < -0.4 is 0 Å². The Hall–Kier alpha value is -2.50. The number of nitrogens with zero attached hydrogens (tertiary/aromatic N) is 2. The van der Waals surface area contributed by atoms with E-state index in [9.17, 15) is 9.90 Å². The molecule has 30 heavy (non-hydrogen) atoms. The van der Waals surface area contributed by atoms with Crippen molar-refractivity contribution in [3.05, 3.63) is 64.3 Å². The van der Waals surface area contributed by atoms with E-state index in [1.807, 2.05) is 35.2 Å². The van der Waals surface area contributed by atoms with Crippen molar-refractivity contribution < 1.29 is 9.90 Å². The normalized spacial score (nSPS) is 20.5. The quantitative estimate of drug-likeness (QED) is 0.644. The zero-order valence-corrected chi connectivity index (χ0v) is 17.8. The van der Waals surface area contributed by atoms with Gasteiger partial charge in [-0.05, 0) is 80.9 Å². The van der Waals surface area contributed by atoms with E-state index in [0.29, 0.717) is 11.6 Å². The Morgan fingerprint density at radius 3 is 2.70 bits per heavy atom. The van der Waals surface area contributed by atoms with Crippen LogP contribution in [-0.4, -0.2) is 52.5 Å². The van der Waals surface area contributed by atoms with Crippen LogP contribution in [0.1, 0.15) is 35.7 Å². The first-order valence-electron chi connectivity index (χ1n) is 10.6. The van der Waals surface area contributed by atoms with E-state index < -0.39 is 0 Å². The molecule has 3 heterocycles. The predicted molar refractivity (Wildman–Crippen MR) is 119 cm³/mol. The molecule has 0 saturated carbocycles. The van der Waals surface area contributed by atoms with Crippen LogP contribution in [0.25, 0.3) is 10.9 Å². The lowest BCUT2D eigenvalue weighted by Crippen LogP contribution is -2.46. The summed E-state index contributed by atoms with van der Waals surface area (Å²) >= 11 is 6.27. The first-order valence-corrected chi connectivity index (χ1v) is 11.0. The van der Waals surface area contributed by atoms with Crippen molar-refractivity contribution in [3.63, 3.8) is 0 Å². The lowest BCUT2D eigenvalue weighted by Gasteiger charge is -2.39. The Morgan fingerprint density at radius 1 is 1.13 bits per heavy atom. The van der Waals surface area contributed by atoms with Crippen molar-refractivity contribution in [2.24, 2.45) is 5.92 Å². The maximum atomic E-state index is 13.6. The second-order valence-corrected chi connectivity index (χ2v) is 9.00. The number of hydrogen-bond donors (Lipinski definition) is 2.